The lowest BCUT2D eigenvalue weighted by atomic mass is 10.0. The topological polar surface area (TPSA) is 63.2 Å². The minimum Gasteiger partial charge on any atom is -0.495 e. The number of halogens is 2. The molecule has 33 heavy (non-hydrogen) atoms. The third-order valence-corrected chi connectivity index (χ3v) is 5.28. The number of hydrogen-bond donors (Lipinski definition) is 1. The number of para-hydroxylation sites is 2. The lowest BCUT2D eigenvalue weighted by Gasteiger charge is -2.26. The van der Waals surface area contributed by atoms with Gasteiger partial charge in [0, 0.05) is 18.1 Å². The Labute approximate surface area is 190 Å². The zero-order chi connectivity index (χ0) is 23.2. The number of nitrogens with zero attached hydrogens (tertiary/aromatic N) is 2. The van der Waals surface area contributed by atoms with E-state index in [1.54, 1.807) is 24.3 Å². The van der Waals surface area contributed by atoms with Gasteiger partial charge in [0.25, 0.3) is 0 Å². The van der Waals surface area contributed by atoms with Crippen LogP contribution in [0.25, 0.3) is 0 Å². The molecule has 0 fully saturated rings. The summed E-state index contributed by atoms with van der Waals surface area (Å²) in [5, 5.41) is 6.96. The highest BCUT2D eigenvalue weighted by atomic mass is 19.1. The normalized spacial score (nSPS) is 14.9. The zero-order valence-corrected chi connectivity index (χ0v) is 18.0. The molecule has 0 unspecified atom stereocenters. The van der Waals surface area contributed by atoms with E-state index in [0.717, 1.165) is 23.4 Å². The van der Waals surface area contributed by atoms with E-state index in [-0.39, 0.29) is 18.7 Å². The van der Waals surface area contributed by atoms with Gasteiger partial charge in [0.2, 0.25) is 0 Å². The third kappa shape index (κ3) is 5.46. The summed E-state index contributed by atoms with van der Waals surface area (Å²) in [4.78, 5) is 20.2. The molecule has 1 atom stereocenters. The van der Waals surface area contributed by atoms with Crippen LogP contribution in [0.2, 0.25) is 0 Å². The molecular formula is C25H23F2N3O3. The maximum Gasteiger partial charge on any atom is 0.322 e. The molecule has 3 aromatic carbocycles. The van der Waals surface area contributed by atoms with Crippen LogP contribution in [0.4, 0.5) is 19.3 Å². The molecule has 4 rings (SSSR count). The van der Waals surface area contributed by atoms with Crippen LogP contribution in [0.15, 0.2) is 78.0 Å². The number of anilines is 1. The predicted octanol–water partition coefficient (Wildman–Crippen LogP) is 5.20. The molecular weight excluding hydrogens is 428 g/mol. The van der Waals surface area contributed by atoms with Gasteiger partial charge in [-0.1, -0.05) is 53.7 Å². The van der Waals surface area contributed by atoms with Gasteiger partial charge in [-0.3, -0.25) is 0 Å². The fourth-order valence-corrected chi connectivity index (χ4v) is 3.59. The van der Waals surface area contributed by atoms with Crippen LogP contribution >= 0.6 is 0 Å². The van der Waals surface area contributed by atoms with Crippen LogP contribution < -0.4 is 10.1 Å². The molecule has 1 aliphatic rings. The molecule has 8 heteroatoms. The van der Waals surface area contributed by atoms with E-state index >= 15 is 0 Å². The monoisotopic (exact) mass is 451 g/mol. The summed E-state index contributed by atoms with van der Waals surface area (Å²) in [6.07, 6.45) is 0.0843. The lowest BCUT2D eigenvalue weighted by molar-refractivity contribution is 0.0606. The van der Waals surface area contributed by atoms with Gasteiger partial charge >= 0.3 is 6.03 Å². The highest BCUT2D eigenvalue weighted by Gasteiger charge is 2.28. The first-order valence-corrected chi connectivity index (χ1v) is 10.4. The van der Waals surface area contributed by atoms with E-state index in [4.69, 9.17) is 9.57 Å². The predicted molar refractivity (Wildman–Crippen MR) is 121 cm³/mol. The van der Waals surface area contributed by atoms with Crippen molar-refractivity contribution in [3.63, 3.8) is 0 Å². The van der Waals surface area contributed by atoms with Crippen molar-refractivity contribution in [1.82, 2.24) is 4.90 Å². The number of hydrogen-bond acceptors (Lipinski definition) is 4. The molecule has 0 aliphatic carbocycles. The highest BCUT2D eigenvalue weighted by molar-refractivity contribution is 6.01. The highest BCUT2D eigenvalue weighted by Crippen LogP contribution is 2.25. The molecule has 0 spiro atoms. The smallest absolute Gasteiger partial charge is 0.322 e. The van der Waals surface area contributed by atoms with Gasteiger partial charge in [-0.05, 0) is 23.8 Å². The number of nitrogens with one attached hydrogen (secondary N) is 1. The number of methoxy groups -OCH3 is 1. The van der Waals surface area contributed by atoms with Crippen molar-refractivity contribution in [2.45, 2.75) is 19.1 Å². The Bertz CT molecular complexity index is 1150. The van der Waals surface area contributed by atoms with Crippen LogP contribution in [0, 0.1) is 11.6 Å². The standard InChI is InChI=1S/C25H23F2N3O3/c1-32-24-10-6-5-9-22(24)28-25(31)30(15-18-11-12-19(26)13-21(18)27)16-20-14-23(29-33-20)17-7-3-2-4-8-17/h2-13,20H,14-16H2,1H3,(H,28,31)/t20-/m1/s1. The maximum atomic E-state index is 14.3. The van der Waals surface area contributed by atoms with Crippen molar-refractivity contribution < 1.29 is 23.1 Å². The molecule has 1 heterocycles. The van der Waals surface area contributed by atoms with Gasteiger partial charge in [0.05, 0.1) is 31.6 Å². The first kappa shape index (κ1) is 22.3. The first-order chi connectivity index (χ1) is 16.0. The van der Waals surface area contributed by atoms with Crippen LogP contribution in [0.5, 0.6) is 5.75 Å². The number of rotatable bonds is 7. The SMILES string of the molecule is COc1ccccc1NC(=O)N(Cc1ccc(F)cc1F)C[C@H]1CC(c2ccccc2)=NO1. The van der Waals surface area contributed by atoms with E-state index in [2.05, 4.69) is 10.5 Å². The quantitative estimate of drug-likeness (QED) is 0.537. The van der Waals surface area contributed by atoms with Gasteiger partial charge in [0.1, 0.15) is 17.4 Å². The van der Waals surface area contributed by atoms with Crippen LogP contribution in [-0.4, -0.2) is 36.4 Å². The summed E-state index contributed by atoms with van der Waals surface area (Å²) in [6, 6.07) is 19.4. The van der Waals surface area contributed by atoms with Crippen molar-refractivity contribution in [2.75, 3.05) is 19.0 Å². The maximum absolute atomic E-state index is 14.3. The number of carbonyl (C=O) groups is 1. The Morgan fingerprint density at radius 2 is 1.88 bits per heavy atom. The largest absolute Gasteiger partial charge is 0.495 e. The van der Waals surface area contributed by atoms with E-state index in [0.29, 0.717) is 17.9 Å². The summed E-state index contributed by atoms with van der Waals surface area (Å²) >= 11 is 0. The number of oxime groups is 1. The minimum atomic E-state index is -0.723. The molecule has 0 bridgehead atoms. The Morgan fingerprint density at radius 1 is 1.12 bits per heavy atom. The van der Waals surface area contributed by atoms with Crippen molar-refractivity contribution in [1.29, 1.82) is 0 Å². The fourth-order valence-electron chi connectivity index (χ4n) is 3.59. The number of urea groups is 1. The van der Waals surface area contributed by atoms with E-state index in [1.807, 2.05) is 30.3 Å². The number of amides is 2. The second-order valence-electron chi connectivity index (χ2n) is 7.58. The second kappa shape index (κ2) is 10.1. The van der Waals surface area contributed by atoms with Crippen LogP contribution in [0.1, 0.15) is 17.5 Å². The summed E-state index contributed by atoms with van der Waals surface area (Å²) in [5.74, 6) is -0.912. The zero-order valence-electron chi connectivity index (χ0n) is 18.0. The molecule has 2 amide bonds. The Morgan fingerprint density at radius 3 is 2.64 bits per heavy atom. The summed E-state index contributed by atoms with van der Waals surface area (Å²) in [7, 11) is 1.51. The Balaban J connectivity index is 1.52. The molecule has 0 saturated carbocycles. The van der Waals surface area contributed by atoms with Gasteiger partial charge in [-0.25, -0.2) is 13.6 Å². The van der Waals surface area contributed by atoms with E-state index in [1.165, 1.54) is 18.1 Å². The summed E-state index contributed by atoms with van der Waals surface area (Å²) in [5.41, 5.74) is 2.38. The molecule has 3 aromatic rings. The molecule has 0 aromatic heterocycles. The van der Waals surface area contributed by atoms with Crippen LogP contribution in [0.3, 0.4) is 0 Å². The fraction of sp³-hybridized carbons (Fsp3) is 0.200. The first-order valence-electron chi connectivity index (χ1n) is 10.4. The van der Waals surface area contributed by atoms with Crippen molar-refractivity contribution >= 4 is 17.4 Å². The number of benzene rings is 3. The Hall–Kier alpha value is -3.94. The number of carbonyl (C=O) groups excluding carboxylic acids is 1. The number of ether oxygens (including phenoxy) is 1. The van der Waals surface area contributed by atoms with Crippen molar-refractivity contribution in [3.05, 3.63) is 95.6 Å². The average Bonchev–Trinajstić information content (AvgIpc) is 3.30. The van der Waals surface area contributed by atoms with Crippen molar-refractivity contribution in [3.8, 4) is 5.75 Å². The molecule has 170 valence electrons. The molecule has 0 saturated heterocycles. The average molecular weight is 451 g/mol. The molecule has 0 radical (unpaired) electrons. The summed E-state index contributed by atoms with van der Waals surface area (Å²) < 4.78 is 33.0. The van der Waals surface area contributed by atoms with Gasteiger partial charge in [0.15, 0.2) is 6.10 Å². The molecule has 1 aliphatic heterocycles. The minimum absolute atomic E-state index is 0.0758. The van der Waals surface area contributed by atoms with Crippen molar-refractivity contribution in [2.24, 2.45) is 5.16 Å². The second-order valence-corrected chi connectivity index (χ2v) is 7.58. The molecule has 1 N–H and O–H groups in total. The van der Waals surface area contributed by atoms with Crippen LogP contribution in [-0.2, 0) is 11.4 Å². The lowest BCUT2D eigenvalue weighted by Crippen LogP contribution is -2.40. The van der Waals surface area contributed by atoms with E-state index in [9.17, 15) is 13.6 Å². The van der Waals surface area contributed by atoms with Gasteiger partial charge in [-0.15, -0.1) is 0 Å². The molecule has 6 nitrogen and oxygen atoms in total. The van der Waals surface area contributed by atoms with E-state index < -0.39 is 23.8 Å². The van der Waals surface area contributed by atoms with Gasteiger partial charge in [-0.2, -0.15) is 0 Å². The third-order valence-electron chi connectivity index (χ3n) is 5.28. The Kier molecular flexibility index (Phi) is 6.83. The summed E-state index contributed by atoms with van der Waals surface area (Å²) in [6.45, 7) is 0.0747. The van der Waals surface area contributed by atoms with Gasteiger partial charge < -0.3 is 19.8 Å².